The van der Waals surface area contributed by atoms with E-state index in [-0.39, 0.29) is 11.0 Å². The Morgan fingerprint density at radius 1 is 1.37 bits per heavy atom. The zero-order valence-electron chi connectivity index (χ0n) is 9.74. The van der Waals surface area contributed by atoms with Crippen molar-refractivity contribution in [3.05, 3.63) is 27.4 Å². The van der Waals surface area contributed by atoms with Crippen molar-refractivity contribution in [3.8, 4) is 0 Å². The summed E-state index contributed by atoms with van der Waals surface area (Å²) in [6, 6.07) is 2.34. The van der Waals surface area contributed by atoms with Crippen molar-refractivity contribution in [1.82, 2.24) is 9.29 Å². The number of nitrogens with zero attached hydrogens (tertiary/aromatic N) is 3. The number of anilines is 1. The lowest BCUT2D eigenvalue weighted by molar-refractivity contribution is -0.384. The summed E-state index contributed by atoms with van der Waals surface area (Å²) in [5.74, 6) is -0.371. The summed E-state index contributed by atoms with van der Waals surface area (Å²) < 4.78 is 27.3. The number of halogens is 1. The number of rotatable bonds is 4. The maximum absolute atomic E-state index is 12.0. The zero-order valence-corrected chi connectivity index (χ0v) is 11.3. The molecule has 0 aromatic carbocycles. The van der Waals surface area contributed by atoms with Crippen molar-refractivity contribution in [2.45, 2.75) is 12.8 Å². The van der Waals surface area contributed by atoms with E-state index in [2.05, 4.69) is 9.71 Å². The largest absolute Gasteiger partial charge is 0.312 e. The summed E-state index contributed by atoms with van der Waals surface area (Å²) in [4.78, 5) is 13.8. The number of pyridine rings is 1. The third-order valence-electron chi connectivity index (χ3n) is 2.67. The lowest BCUT2D eigenvalue weighted by Crippen LogP contribution is -2.33. The molecule has 0 atom stereocenters. The van der Waals surface area contributed by atoms with Gasteiger partial charge in [0, 0.05) is 19.2 Å². The first kappa shape index (κ1) is 14.0. The van der Waals surface area contributed by atoms with Crippen molar-refractivity contribution in [3.63, 3.8) is 0 Å². The second-order valence-electron chi connectivity index (χ2n) is 3.97. The molecule has 0 amide bonds. The van der Waals surface area contributed by atoms with Crippen LogP contribution in [0, 0.1) is 10.1 Å². The van der Waals surface area contributed by atoms with Crippen LogP contribution in [-0.2, 0) is 10.2 Å². The Morgan fingerprint density at radius 2 is 2.00 bits per heavy atom. The number of aromatic nitrogens is 1. The molecule has 1 saturated heterocycles. The number of hydrogen-bond donors (Lipinski definition) is 1. The minimum absolute atomic E-state index is 0.0234. The smallest absolute Gasteiger partial charge is 0.258 e. The highest BCUT2D eigenvalue weighted by atomic mass is 35.5. The van der Waals surface area contributed by atoms with Crippen LogP contribution in [0.2, 0.25) is 5.15 Å². The van der Waals surface area contributed by atoms with Gasteiger partial charge in [0.15, 0.2) is 0 Å². The number of nitrogens with one attached hydrogen (secondary N) is 1. The van der Waals surface area contributed by atoms with E-state index in [1.54, 1.807) is 0 Å². The van der Waals surface area contributed by atoms with Crippen LogP contribution in [0.25, 0.3) is 0 Å². The van der Waals surface area contributed by atoms with Crippen LogP contribution in [-0.4, -0.2) is 35.7 Å². The number of nitro groups is 1. The average molecular weight is 307 g/mol. The van der Waals surface area contributed by atoms with E-state index in [4.69, 9.17) is 11.6 Å². The maximum atomic E-state index is 12.0. The lowest BCUT2D eigenvalue weighted by atomic mass is 10.4. The van der Waals surface area contributed by atoms with Gasteiger partial charge in [-0.25, -0.2) is 9.71 Å². The Balaban J connectivity index is 2.32. The van der Waals surface area contributed by atoms with Crippen molar-refractivity contribution in [2.75, 3.05) is 17.8 Å². The first-order valence-corrected chi connectivity index (χ1v) is 7.31. The summed E-state index contributed by atoms with van der Waals surface area (Å²) in [5.41, 5.74) is -0.438. The van der Waals surface area contributed by atoms with Gasteiger partial charge in [-0.3, -0.25) is 10.1 Å². The first-order chi connectivity index (χ1) is 8.90. The van der Waals surface area contributed by atoms with Crippen molar-refractivity contribution < 1.29 is 13.3 Å². The second-order valence-corrected chi connectivity index (χ2v) is 6.03. The van der Waals surface area contributed by atoms with E-state index in [0.717, 1.165) is 18.9 Å². The normalized spacial score (nSPS) is 16.5. The van der Waals surface area contributed by atoms with Gasteiger partial charge in [-0.15, -0.1) is 0 Å². The van der Waals surface area contributed by atoms with Gasteiger partial charge in [-0.2, -0.15) is 12.7 Å². The van der Waals surface area contributed by atoms with E-state index in [1.165, 1.54) is 10.4 Å². The van der Waals surface area contributed by atoms with Crippen LogP contribution in [0.4, 0.5) is 11.5 Å². The molecule has 0 aliphatic carbocycles. The van der Waals surface area contributed by atoms with Gasteiger partial charge < -0.3 is 0 Å². The molecule has 0 bridgehead atoms. The molecule has 1 fully saturated rings. The standard InChI is InChI=1S/C9H11ClN4O4S/c10-8-4-3-7(14(15)16)9(11-8)12-19(17,18)13-5-1-2-6-13/h3-4H,1-2,5-6H2,(H,11,12). The quantitative estimate of drug-likeness (QED) is 0.514. The Morgan fingerprint density at radius 3 is 2.58 bits per heavy atom. The Bertz CT molecular complexity index is 600. The van der Waals surface area contributed by atoms with Crippen molar-refractivity contribution >= 4 is 33.3 Å². The minimum Gasteiger partial charge on any atom is -0.258 e. The molecule has 104 valence electrons. The molecule has 2 heterocycles. The molecular formula is C9H11ClN4O4S. The van der Waals surface area contributed by atoms with Crippen LogP contribution >= 0.6 is 11.6 Å². The summed E-state index contributed by atoms with van der Waals surface area (Å²) in [6.07, 6.45) is 1.54. The third-order valence-corrected chi connectivity index (χ3v) is 4.37. The third kappa shape index (κ3) is 3.11. The van der Waals surface area contributed by atoms with Crippen LogP contribution in [0.3, 0.4) is 0 Å². The maximum Gasteiger partial charge on any atom is 0.312 e. The molecular weight excluding hydrogens is 296 g/mol. The van der Waals surface area contributed by atoms with Gasteiger partial charge in [-0.1, -0.05) is 11.6 Å². The highest BCUT2D eigenvalue weighted by molar-refractivity contribution is 7.90. The van der Waals surface area contributed by atoms with Crippen LogP contribution in [0.5, 0.6) is 0 Å². The average Bonchev–Trinajstić information content (AvgIpc) is 2.81. The van der Waals surface area contributed by atoms with Crippen LogP contribution < -0.4 is 4.72 Å². The van der Waals surface area contributed by atoms with Crippen molar-refractivity contribution in [2.24, 2.45) is 0 Å². The zero-order chi connectivity index (χ0) is 14.0. The predicted octanol–water partition coefficient (Wildman–Crippen LogP) is 1.40. The Labute approximate surface area is 114 Å². The predicted molar refractivity (Wildman–Crippen MR) is 69.3 cm³/mol. The van der Waals surface area contributed by atoms with E-state index in [0.29, 0.717) is 13.1 Å². The van der Waals surface area contributed by atoms with Gasteiger partial charge in [0.05, 0.1) is 4.92 Å². The Hall–Kier alpha value is -1.45. The fourth-order valence-electron chi connectivity index (χ4n) is 1.77. The summed E-state index contributed by atoms with van der Waals surface area (Å²) >= 11 is 5.63. The molecule has 0 saturated carbocycles. The molecule has 1 aromatic heterocycles. The molecule has 1 aliphatic heterocycles. The molecule has 0 spiro atoms. The van der Waals surface area contributed by atoms with Crippen LogP contribution in [0.1, 0.15) is 12.8 Å². The van der Waals surface area contributed by atoms with Gasteiger partial charge in [0.1, 0.15) is 5.15 Å². The highest BCUT2D eigenvalue weighted by Gasteiger charge is 2.28. The monoisotopic (exact) mass is 306 g/mol. The second kappa shape index (κ2) is 5.27. The fourth-order valence-corrected chi connectivity index (χ4v) is 3.18. The van der Waals surface area contributed by atoms with Gasteiger partial charge in [0.2, 0.25) is 5.82 Å². The van der Waals surface area contributed by atoms with Gasteiger partial charge >= 0.3 is 15.9 Å². The molecule has 1 N–H and O–H groups in total. The molecule has 1 aliphatic rings. The molecule has 10 heteroatoms. The lowest BCUT2D eigenvalue weighted by Gasteiger charge is -2.16. The topological polar surface area (TPSA) is 105 Å². The highest BCUT2D eigenvalue weighted by Crippen LogP contribution is 2.26. The molecule has 1 aromatic rings. The van der Waals surface area contributed by atoms with E-state index in [1.807, 2.05) is 0 Å². The molecule has 0 radical (unpaired) electrons. The summed E-state index contributed by atoms with van der Waals surface area (Å²) in [7, 11) is -3.83. The molecule has 19 heavy (non-hydrogen) atoms. The molecule has 0 unspecified atom stereocenters. The molecule has 2 rings (SSSR count). The fraction of sp³-hybridized carbons (Fsp3) is 0.444. The van der Waals surface area contributed by atoms with Crippen molar-refractivity contribution in [1.29, 1.82) is 0 Å². The Kier molecular flexibility index (Phi) is 3.88. The van der Waals surface area contributed by atoms with E-state index in [9.17, 15) is 18.5 Å². The van der Waals surface area contributed by atoms with Gasteiger partial charge in [0.25, 0.3) is 0 Å². The SMILES string of the molecule is O=[N+]([O-])c1ccc(Cl)nc1NS(=O)(=O)N1CCCC1. The van der Waals surface area contributed by atoms with E-state index < -0.39 is 20.8 Å². The molecule has 8 nitrogen and oxygen atoms in total. The first-order valence-electron chi connectivity index (χ1n) is 5.49. The van der Waals surface area contributed by atoms with Gasteiger partial charge in [-0.05, 0) is 18.9 Å². The number of hydrogen-bond acceptors (Lipinski definition) is 5. The summed E-state index contributed by atoms with van der Waals surface area (Å²) in [6.45, 7) is 0.785. The minimum atomic E-state index is -3.83. The van der Waals surface area contributed by atoms with Crippen LogP contribution in [0.15, 0.2) is 12.1 Å². The summed E-state index contributed by atoms with van der Waals surface area (Å²) in [5, 5.41) is 10.8. The van der Waals surface area contributed by atoms with E-state index >= 15 is 0 Å².